The van der Waals surface area contributed by atoms with E-state index < -0.39 is 0 Å². The normalized spacial score (nSPS) is 10.2. The van der Waals surface area contributed by atoms with Gasteiger partial charge in [-0.15, -0.1) is 5.10 Å². The molecule has 0 radical (unpaired) electrons. The van der Waals surface area contributed by atoms with Gasteiger partial charge in [0.15, 0.2) is 5.82 Å². The van der Waals surface area contributed by atoms with Crippen molar-refractivity contribution in [1.29, 1.82) is 0 Å². The molecule has 6 nitrogen and oxygen atoms in total. The number of anilines is 4. The summed E-state index contributed by atoms with van der Waals surface area (Å²) in [5.41, 5.74) is 1.91. The maximum Gasteiger partial charge on any atom is 0.249 e. The van der Waals surface area contributed by atoms with Gasteiger partial charge in [0.2, 0.25) is 5.95 Å². The number of benzene rings is 2. The summed E-state index contributed by atoms with van der Waals surface area (Å²) in [4.78, 5) is 6.47. The van der Waals surface area contributed by atoms with Crippen LogP contribution in [0.25, 0.3) is 0 Å². The van der Waals surface area contributed by atoms with E-state index in [2.05, 4.69) is 20.5 Å². The lowest BCUT2D eigenvalue weighted by atomic mass is 10.3. The van der Waals surface area contributed by atoms with Crippen molar-refractivity contribution in [3.63, 3.8) is 0 Å². The average Bonchev–Trinajstić information content (AvgIpc) is 2.64. The molecule has 0 saturated carbocycles. The molecule has 0 atom stereocenters. The number of hydrogen-bond acceptors (Lipinski definition) is 6. The van der Waals surface area contributed by atoms with E-state index in [0.717, 1.165) is 17.1 Å². The molecule has 0 aliphatic carbocycles. The van der Waals surface area contributed by atoms with Gasteiger partial charge in [-0.3, -0.25) is 0 Å². The minimum absolute atomic E-state index is 0.444. The number of nitrogens with zero attached hydrogens (tertiary/aromatic N) is 4. The lowest BCUT2D eigenvalue weighted by molar-refractivity contribution is 0.340. The first kappa shape index (κ1) is 15.7. The summed E-state index contributed by atoms with van der Waals surface area (Å²) >= 11 is 0. The molecule has 122 valence electrons. The molecule has 1 heterocycles. The topological polar surface area (TPSA) is 63.2 Å². The molecule has 6 heteroatoms. The monoisotopic (exact) mass is 321 g/mol. The molecule has 0 fully saturated rings. The third-order valence-electron chi connectivity index (χ3n) is 3.45. The first-order valence-electron chi connectivity index (χ1n) is 7.74. The summed E-state index contributed by atoms with van der Waals surface area (Å²) in [5.74, 6) is 1.99. The Balaban J connectivity index is 1.75. The highest BCUT2D eigenvalue weighted by atomic mass is 16.5. The molecule has 0 bridgehead atoms. The molecule has 24 heavy (non-hydrogen) atoms. The van der Waals surface area contributed by atoms with Crippen molar-refractivity contribution in [1.82, 2.24) is 15.2 Å². The Morgan fingerprint density at radius 3 is 2.50 bits per heavy atom. The Morgan fingerprint density at radius 1 is 1.04 bits per heavy atom. The van der Waals surface area contributed by atoms with Crippen LogP contribution in [0.2, 0.25) is 0 Å². The summed E-state index contributed by atoms with van der Waals surface area (Å²) in [5, 5.41) is 11.2. The van der Waals surface area contributed by atoms with Gasteiger partial charge in [-0.2, -0.15) is 10.1 Å². The molecular formula is C18H19N5O. The van der Waals surface area contributed by atoms with Crippen molar-refractivity contribution in [2.75, 3.05) is 23.9 Å². The Bertz CT molecular complexity index is 777. The number of hydrogen-bond donors (Lipinski definition) is 1. The lowest BCUT2D eigenvalue weighted by Crippen LogP contribution is -2.13. The summed E-state index contributed by atoms with van der Waals surface area (Å²) in [7, 11) is 1.94. The maximum absolute atomic E-state index is 5.43. The Labute approximate surface area is 141 Å². The quantitative estimate of drug-likeness (QED) is 0.745. The van der Waals surface area contributed by atoms with E-state index in [9.17, 15) is 0 Å². The van der Waals surface area contributed by atoms with Gasteiger partial charge in [0, 0.05) is 18.4 Å². The zero-order valence-electron chi connectivity index (χ0n) is 13.7. The van der Waals surface area contributed by atoms with E-state index in [1.54, 1.807) is 6.20 Å². The van der Waals surface area contributed by atoms with Gasteiger partial charge >= 0.3 is 0 Å². The fourth-order valence-electron chi connectivity index (χ4n) is 2.22. The van der Waals surface area contributed by atoms with Crippen LogP contribution in [0.1, 0.15) is 6.92 Å². The summed E-state index contributed by atoms with van der Waals surface area (Å²) in [6.45, 7) is 2.61. The Hall–Kier alpha value is -3.15. The zero-order chi connectivity index (χ0) is 16.8. The predicted molar refractivity (Wildman–Crippen MR) is 95.2 cm³/mol. The second-order valence-electron chi connectivity index (χ2n) is 5.12. The second kappa shape index (κ2) is 7.41. The molecule has 2 aromatic carbocycles. The van der Waals surface area contributed by atoms with Gasteiger partial charge in [0.25, 0.3) is 0 Å². The second-order valence-corrected chi connectivity index (χ2v) is 5.12. The van der Waals surface area contributed by atoms with E-state index in [4.69, 9.17) is 4.74 Å². The van der Waals surface area contributed by atoms with Crippen LogP contribution in [0.4, 0.5) is 23.1 Å². The van der Waals surface area contributed by atoms with Crippen LogP contribution in [0.15, 0.2) is 60.8 Å². The van der Waals surface area contributed by atoms with Gasteiger partial charge < -0.3 is 15.0 Å². The standard InChI is InChI=1S/C18H19N5O/c1-3-24-16-11-9-14(10-12-16)20-18-21-17(13-19-22-18)23(2)15-7-5-4-6-8-15/h4-13H,3H2,1-2H3,(H,20,21,22). The minimum atomic E-state index is 0.444. The first-order chi connectivity index (χ1) is 11.8. The first-order valence-corrected chi connectivity index (χ1v) is 7.74. The highest BCUT2D eigenvalue weighted by Gasteiger charge is 2.08. The predicted octanol–water partition coefficient (Wildman–Crippen LogP) is 3.78. The molecule has 1 aromatic heterocycles. The molecule has 0 spiro atoms. The molecule has 0 unspecified atom stereocenters. The van der Waals surface area contributed by atoms with E-state index >= 15 is 0 Å². The number of para-hydroxylation sites is 1. The number of aromatic nitrogens is 3. The molecular weight excluding hydrogens is 302 g/mol. The van der Waals surface area contributed by atoms with Crippen molar-refractivity contribution in [3.8, 4) is 5.75 Å². The van der Waals surface area contributed by atoms with Gasteiger partial charge in [0.05, 0.1) is 12.8 Å². The highest BCUT2D eigenvalue weighted by Crippen LogP contribution is 2.22. The fraction of sp³-hybridized carbons (Fsp3) is 0.167. The maximum atomic E-state index is 5.43. The third kappa shape index (κ3) is 3.78. The van der Waals surface area contributed by atoms with Crippen LogP contribution in [0.5, 0.6) is 5.75 Å². The fourth-order valence-corrected chi connectivity index (χ4v) is 2.22. The van der Waals surface area contributed by atoms with Crippen molar-refractivity contribution in [2.24, 2.45) is 0 Å². The van der Waals surface area contributed by atoms with E-state index in [-0.39, 0.29) is 0 Å². The summed E-state index contributed by atoms with van der Waals surface area (Å²) < 4.78 is 5.43. The van der Waals surface area contributed by atoms with Crippen molar-refractivity contribution in [3.05, 3.63) is 60.8 Å². The number of nitrogens with one attached hydrogen (secondary N) is 1. The Kier molecular flexibility index (Phi) is 4.86. The van der Waals surface area contributed by atoms with Crippen molar-refractivity contribution >= 4 is 23.1 Å². The van der Waals surface area contributed by atoms with Crippen LogP contribution in [-0.2, 0) is 0 Å². The van der Waals surface area contributed by atoms with Gasteiger partial charge in [0.1, 0.15) is 5.75 Å². The zero-order valence-corrected chi connectivity index (χ0v) is 13.7. The Morgan fingerprint density at radius 2 is 1.79 bits per heavy atom. The average molecular weight is 321 g/mol. The highest BCUT2D eigenvalue weighted by molar-refractivity contribution is 5.60. The van der Waals surface area contributed by atoms with Crippen LogP contribution in [0.3, 0.4) is 0 Å². The van der Waals surface area contributed by atoms with Crippen molar-refractivity contribution in [2.45, 2.75) is 6.92 Å². The molecule has 1 N–H and O–H groups in total. The summed E-state index contributed by atoms with van der Waals surface area (Å²) in [6.07, 6.45) is 1.64. The number of rotatable bonds is 6. The SMILES string of the molecule is CCOc1ccc(Nc2nncc(N(C)c3ccccc3)n2)cc1. The van der Waals surface area contributed by atoms with E-state index in [1.165, 1.54) is 0 Å². The molecule has 0 amide bonds. The molecule has 3 rings (SSSR count). The molecule has 3 aromatic rings. The van der Waals surface area contributed by atoms with Crippen LogP contribution in [-0.4, -0.2) is 28.8 Å². The van der Waals surface area contributed by atoms with E-state index in [0.29, 0.717) is 18.4 Å². The molecule has 0 aliphatic rings. The van der Waals surface area contributed by atoms with Crippen molar-refractivity contribution < 1.29 is 4.74 Å². The van der Waals surface area contributed by atoms with Gasteiger partial charge in [-0.25, -0.2) is 0 Å². The smallest absolute Gasteiger partial charge is 0.249 e. The van der Waals surface area contributed by atoms with Crippen LogP contribution < -0.4 is 15.0 Å². The van der Waals surface area contributed by atoms with Gasteiger partial charge in [-0.05, 0) is 43.3 Å². The largest absolute Gasteiger partial charge is 0.494 e. The third-order valence-corrected chi connectivity index (χ3v) is 3.45. The van der Waals surface area contributed by atoms with Crippen LogP contribution >= 0.6 is 0 Å². The minimum Gasteiger partial charge on any atom is -0.494 e. The van der Waals surface area contributed by atoms with Crippen LogP contribution in [0, 0.1) is 0 Å². The molecule has 0 saturated heterocycles. The van der Waals surface area contributed by atoms with Gasteiger partial charge in [-0.1, -0.05) is 18.2 Å². The van der Waals surface area contributed by atoms with E-state index in [1.807, 2.05) is 73.5 Å². The summed E-state index contributed by atoms with van der Waals surface area (Å²) in [6, 6.07) is 17.6. The number of ether oxygens (including phenoxy) is 1. The lowest BCUT2D eigenvalue weighted by Gasteiger charge is -2.18. The molecule has 0 aliphatic heterocycles.